The quantitative estimate of drug-likeness (QED) is 0.562. The first kappa shape index (κ1) is 13.9. The summed E-state index contributed by atoms with van der Waals surface area (Å²) in [5, 5.41) is 2.79. The first-order valence-corrected chi connectivity index (χ1v) is 6.04. The number of likely N-dealkylation sites (N-methyl/N-ethyl adjacent to an activating group) is 1. The molecule has 0 radical (unpaired) electrons. The highest BCUT2D eigenvalue weighted by molar-refractivity contribution is 5.78. The predicted octanol–water partition coefficient (Wildman–Crippen LogP) is -1.38. The van der Waals surface area contributed by atoms with E-state index < -0.39 is 0 Å². The molecule has 1 aliphatic rings. The largest absolute Gasteiger partial charge is 0.370 e. The maximum Gasteiger partial charge on any atom is 0.234 e. The van der Waals surface area contributed by atoms with Crippen molar-refractivity contribution in [2.45, 2.75) is 12.8 Å². The molecule has 98 valence electrons. The first-order chi connectivity index (χ1) is 8.08. The highest BCUT2D eigenvalue weighted by Gasteiger charge is 2.15. The molecular formula is C11H22N4O2. The Kier molecular flexibility index (Phi) is 5.93. The highest BCUT2D eigenvalue weighted by atomic mass is 16.2. The van der Waals surface area contributed by atoms with Gasteiger partial charge in [-0.2, -0.15) is 0 Å². The lowest BCUT2D eigenvalue weighted by atomic mass is 10.3. The van der Waals surface area contributed by atoms with E-state index in [1.54, 1.807) is 0 Å². The van der Waals surface area contributed by atoms with Crippen molar-refractivity contribution in [2.24, 2.45) is 5.73 Å². The summed E-state index contributed by atoms with van der Waals surface area (Å²) in [4.78, 5) is 26.4. The molecule has 6 nitrogen and oxygen atoms in total. The topological polar surface area (TPSA) is 78.7 Å². The van der Waals surface area contributed by atoms with E-state index in [2.05, 4.69) is 22.2 Å². The number of nitrogens with one attached hydrogen (secondary N) is 1. The van der Waals surface area contributed by atoms with Gasteiger partial charge in [-0.3, -0.25) is 14.5 Å². The first-order valence-electron chi connectivity index (χ1n) is 6.04. The molecule has 0 aromatic rings. The smallest absolute Gasteiger partial charge is 0.234 e. The van der Waals surface area contributed by atoms with Crippen molar-refractivity contribution in [3.05, 3.63) is 0 Å². The van der Waals surface area contributed by atoms with Gasteiger partial charge in [0, 0.05) is 39.1 Å². The summed E-state index contributed by atoms with van der Waals surface area (Å²) in [5.41, 5.74) is 5.01. The number of nitrogens with two attached hydrogens (primary N) is 1. The molecule has 1 heterocycles. The van der Waals surface area contributed by atoms with E-state index >= 15 is 0 Å². The van der Waals surface area contributed by atoms with Crippen molar-refractivity contribution in [1.82, 2.24) is 15.1 Å². The highest BCUT2D eigenvalue weighted by Crippen LogP contribution is 1.98. The molecule has 3 N–H and O–H groups in total. The Morgan fingerprint density at radius 3 is 2.47 bits per heavy atom. The number of hydrogen-bond acceptors (Lipinski definition) is 4. The Morgan fingerprint density at radius 2 is 1.88 bits per heavy atom. The molecule has 2 amide bonds. The molecule has 0 spiro atoms. The van der Waals surface area contributed by atoms with Crippen molar-refractivity contribution in [3.63, 3.8) is 0 Å². The average Bonchev–Trinajstić information content (AvgIpc) is 2.27. The maximum absolute atomic E-state index is 11.6. The molecule has 0 aliphatic carbocycles. The van der Waals surface area contributed by atoms with Gasteiger partial charge in [0.2, 0.25) is 11.8 Å². The Bertz CT molecular complexity index is 262. The second-order valence-electron chi connectivity index (χ2n) is 4.50. The number of piperazine rings is 1. The number of rotatable bonds is 6. The Balaban J connectivity index is 2.06. The van der Waals surface area contributed by atoms with Crippen LogP contribution in [-0.4, -0.2) is 67.9 Å². The number of primary amides is 1. The fraction of sp³-hybridized carbons (Fsp3) is 0.818. The van der Waals surface area contributed by atoms with Crippen LogP contribution in [0, 0.1) is 0 Å². The van der Waals surface area contributed by atoms with Gasteiger partial charge in [-0.05, 0) is 13.5 Å². The van der Waals surface area contributed by atoms with Gasteiger partial charge in [0.05, 0.1) is 6.54 Å². The lowest BCUT2D eigenvalue weighted by molar-refractivity contribution is -0.123. The Labute approximate surface area is 102 Å². The molecule has 17 heavy (non-hydrogen) atoms. The average molecular weight is 242 g/mol. The van der Waals surface area contributed by atoms with Gasteiger partial charge in [0.1, 0.15) is 0 Å². The van der Waals surface area contributed by atoms with Crippen LogP contribution < -0.4 is 11.1 Å². The molecule has 1 rings (SSSR count). The molecule has 0 atom stereocenters. The van der Waals surface area contributed by atoms with Gasteiger partial charge in [0.25, 0.3) is 0 Å². The minimum Gasteiger partial charge on any atom is -0.370 e. The van der Waals surface area contributed by atoms with Gasteiger partial charge in [-0.15, -0.1) is 0 Å². The van der Waals surface area contributed by atoms with Gasteiger partial charge < -0.3 is 16.0 Å². The fourth-order valence-electron chi connectivity index (χ4n) is 1.76. The summed E-state index contributed by atoms with van der Waals surface area (Å²) in [6.45, 7) is 4.86. The van der Waals surface area contributed by atoms with E-state index in [0.29, 0.717) is 25.9 Å². The lowest BCUT2D eigenvalue weighted by Gasteiger charge is -2.31. The van der Waals surface area contributed by atoms with Crippen LogP contribution in [0.25, 0.3) is 0 Å². The molecule has 0 aromatic heterocycles. The van der Waals surface area contributed by atoms with Gasteiger partial charge in [0.15, 0.2) is 0 Å². The molecule has 0 unspecified atom stereocenters. The van der Waals surface area contributed by atoms with E-state index in [4.69, 9.17) is 5.73 Å². The van der Waals surface area contributed by atoms with Crippen LogP contribution in [0.5, 0.6) is 0 Å². The van der Waals surface area contributed by atoms with E-state index in [1.807, 2.05) is 0 Å². The van der Waals surface area contributed by atoms with Crippen LogP contribution >= 0.6 is 0 Å². The number of hydrogen-bond donors (Lipinski definition) is 2. The zero-order valence-corrected chi connectivity index (χ0v) is 10.4. The van der Waals surface area contributed by atoms with Crippen LogP contribution in [0.1, 0.15) is 12.8 Å². The summed E-state index contributed by atoms with van der Waals surface area (Å²) in [7, 11) is 2.08. The van der Waals surface area contributed by atoms with Crippen LogP contribution in [0.4, 0.5) is 0 Å². The van der Waals surface area contributed by atoms with Crippen molar-refractivity contribution >= 4 is 11.8 Å². The van der Waals surface area contributed by atoms with E-state index in [9.17, 15) is 9.59 Å². The van der Waals surface area contributed by atoms with Gasteiger partial charge in [-0.25, -0.2) is 0 Å². The van der Waals surface area contributed by atoms with Gasteiger partial charge in [-0.1, -0.05) is 0 Å². The molecular weight excluding hydrogens is 220 g/mol. The van der Waals surface area contributed by atoms with Crippen molar-refractivity contribution in [1.29, 1.82) is 0 Å². The zero-order chi connectivity index (χ0) is 12.7. The molecule has 0 bridgehead atoms. The van der Waals surface area contributed by atoms with E-state index in [0.717, 1.165) is 26.2 Å². The second kappa shape index (κ2) is 7.24. The van der Waals surface area contributed by atoms with E-state index in [-0.39, 0.29) is 11.8 Å². The third-order valence-electron chi connectivity index (χ3n) is 2.89. The SMILES string of the molecule is CN1CCN(CC(=O)NCCCC(N)=O)CC1. The molecule has 1 fully saturated rings. The maximum atomic E-state index is 11.6. The monoisotopic (exact) mass is 242 g/mol. The lowest BCUT2D eigenvalue weighted by Crippen LogP contribution is -2.48. The van der Waals surface area contributed by atoms with Crippen LogP contribution in [0.2, 0.25) is 0 Å². The molecule has 1 aliphatic heterocycles. The number of nitrogens with zero attached hydrogens (tertiary/aromatic N) is 2. The van der Waals surface area contributed by atoms with Crippen LogP contribution in [0.15, 0.2) is 0 Å². The molecule has 0 saturated carbocycles. The third-order valence-corrected chi connectivity index (χ3v) is 2.89. The summed E-state index contributed by atoms with van der Waals surface area (Å²) in [6, 6.07) is 0. The van der Waals surface area contributed by atoms with Crippen LogP contribution in [0.3, 0.4) is 0 Å². The summed E-state index contributed by atoms with van der Waals surface area (Å²) >= 11 is 0. The summed E-state index contributed by atoms with van der Waals surface area (Å²) in [6.07, 6.45) is 0.943. The fourth-order valence-corrected chi connectivity index (χ4v) is 1.76. The van der Waals surface area contributed by atoms with Crippen LogP contribution in [-0.2, 0) is 9.59 Å². The van der Waals surface area contributed by atoms with Crippen molar-refractivity contribution < 1.29 is 9.59 Å². The predicted molar refractivity (Wildman–Crippen MR) is 65.4 cm³/mol. The van der Waals surface area contributed by atoms with Gasteiger partial charge >= 0.3 is 0 Å². The Morgan fingerprint density at radius 1 is 1.24 bits per heavy atom. The number of carbonyl (C=O) groups is 2. The Hall–Kier alpha value is -1.14. The van der Waals surface area contributed by atoms with Crippen molar-refractivity contribution in [2.75, 3.05) is 46.3 Å². The number of amides is 2. The second-order valence-corrected chi connectivity index (χ2v) is 4.50. The minimum absolute atomic E-state index is 0.0269. The standard InChI is InChI=1S/C11H22N4O2/c1-14-5-7-15(8-6-14)9-11(17)13-4-2-3-10(12)16/h2-9H2,1H3,(H2,12,16)(H,13,17). The third kappa shape index (κ3) is 6.23. The molecule has 6 heteroatoms. The molecule has 0 aromatic carbocycles. The van der Waals surface area contributed by atoms with Crippen molar-refractivity contribution in [3.8, 4) is 0 Å². The summed E-state index contributed by atoms with van der Waals surface area (Å²) < 4.78 is 0. The molecule has 1 saturated heterocycles. The normalized spacial score (nSPS) is 17.9. The van der Waals surface area contributed by atoms with E-state index in [1.165, 1.54) is 0 Å². The minimum atomic E-state index is -0.321. The summed E-state index contributed by atoms with van der Waals surface area (Å²) in [5.74, 6) is -0.294. The zero-order valence-electron chi connectivity index (χ0n) is 10.4. The number of carbonyl (C=O) groups excluding carboxylic acids is 2.